The average molecular weight is 1010 g/mol. The Morgan fingerprint density at radius 2 is 0.739 bits per heavy atom. The number of benzene rings is 4. The predicted octanol–water partition coefficient (Wildman–Crippen LogP) is 10.9. The summed E-state index contributed by atoms with van der Waals surface area (Å²) in [5.41, 5.74) is 3.33. The zero-order chi connectivity index (χ0) is 48.5. The normalized spacial score (nSPS) is 16.3. The molecule has 0 saturated heterocycles. The number of carbonyl (C=O) groups is 4. The van der Waals surface area contributed by atoms with Crippen molar-refractivity contribution in [2.75, 3.05) is 25.5 Å². The third kappa shape index (κ3) is 23.2. The van der Waals surface area contributed by atoms with Gasteiger partial charge in [0.1, 0.15) is 26.4 Å². The van der Waals surface area contributed by atoms with Crippen LogP contribution in [0, 0.1) is 23.7 Å². The molecule has 17 heteroatoms. The minimum absolute atomic E-state index is 0. The van der Waals surface area contributed by atoms with Gasteiger partial charge in [0.15, 0.2) is 0 Å². The van der Waals surface area contributed by atoms with Gasteiger partial charge in [-0.1, -0.05) is 147 Å². The van der Waals surface area contributed by atoms with Crippen LogP contribution < -0.4 is 0 Å². The van der Waals surface area contributed by atoms with E-state index in [0.717, 1.165) is 73.6 Å². The van der Waals surface area contributed by atoms with Crippen molar-refractivity contribution in [1.82, 2.24) is 0 Å². The second-order valence-electron chi connectivity index (χ2n) is 17.5. The van der Waals surface area contributed by atoms with E-state index in [1.54, 1.807) is 0 Å². The average Bonchev–Trinajstić information content (AvgIpc) is 4.10. The molecular weight excluding hydrogens is 946 g/mol. The van der Waals surface area contributed by atoms with Gasteiger partial charge in [-0.3, -0.25) is 28.3 Å². The van der Waals surface area contributed by atoms with Crippen LogP contribution in [0.25, 0.3) is 0 Å². The van der Waals surface area contributed by atoms with Crippen LogP contribution in [0.3, 0.4) is 0 Å². The van der Waals surface area contributed by atoms with Crippen molar-refractivity contribution < 1.29 is 66.1 Å². The molecule has 376 valence electrons. The van der Waals surface area contributed by atoms with E-state index in [1.807, 2.05) is 121 Å². The molecule has 2 aliphatic carbocycles. The molecular formula is C52H67ClO14P2. The summed E-state index contributed by atoms with van der Waals surface area (Å²) >= 11 is 0. The van der Waals surface area contributed by atoms with Gasteiger partial charge in [0.05, 0.1) is 37.4 Å². The Morgan fingerprint density at radius 3 is 1.03 bits per heavy atom. The van der Waals surface area contributed by atoms with Crippen LogP contribution in [-0.2, 0) is 82.7 Å². The molecule has 2 N–H and O–H groups in total. The van der Waals surface area contributed by atoms with Gasteiger partial charge in [-0.2, -0.15) is 0 Å². The molecule has 4 atom stereocenters. The number of hydrogen-bond acceptors (Lipinski definition) is 12. The van der Waals surface area contributed by atoms with E-state index in [1.165, 1.54) is 0 Å². The fourth-order valence-corrected chi connectivity index (χ4v) is 10.8. The van der Waals surface area contributed by atoms with Gasteiger partial charge >= 0.3 is 39.1 Å². The van der Waals surface area contributed by atoms with Crippen molar-refractivity contribution in [1.29, 1.82) is 0 Å². The molecule has 4 aromatic rings. The molecule has 0 radical (unpaired) electrons. The van der Waals surface area contributed by atoms with E-state index in [-0.39, 0.29) is 102 Å². The van der Waals surface area contributed by atoms with E-state index in [2.05, 4.69) is 0 Å². The standard InChI is InChI=1S/2C26H33O7P.ClH/c2*27-25(31-17-21-9-3-1-4-10-21)16-15-24(26(28)32-18-22-11-5-2-6-12-22)20-34(29,30)33-19-23-13-7-8-14-23;/h2*1-6,9-12,23-24H,7-8,13-20H2,(H,29,30);1H. The fourth-order valence-electron chi connectivity index (χ4n) is 7.93. The largest absolute Gasteiger partial charge is 0.461 e. The second-order valence-corrected chi connectivity index (χ2v) is 21.3. The number of halogens is 1. The first-order valence-corrected chi connectivity index (χ1v) is 27.1. The van der Waals surface area contributed by atoms with Crippen molar-refractivity contribution in [3.8, 4) is 0 Å². The maximum Gasteiger partial charge on any atom is 0.328 e. The Labute approximate surface area is 412 Å². The smallest absolute Gasteiger partial charge is 0.328 e. The van der Waals surface area contributed by atoms with E-state index in [0.29, 0.717) is 0 Å². The highest BCUT2D eigenvalue weighted by atomic mass is 35.5. The van der Waals surface area contributed by atoms with Gasteiger partial charge in [-0.05, 0) is 72.6 Å². The number of esters is 4. The Hall–Kier alpha value is -4.65. The zero-order valence-corrected chi connectivity index (χ0v) is 41.7. The van der Waals surface area contributed by atoms with Gasteiger partial charge in [0, 0.05) is 12.8 Å². The molecule has 2 saturated carbocycles. The predicted molar refractivity (Wildman–Crippen MR) is 263 cm³/mol. The number of rotatable bonds is 26. The van der Waals surface area contributed by atoms with Crippen molar-refractivity contribution in [3.05, 3.63) is 144 Å². The molecule has 0 aromatic heterocycles. The van der Waals surface area contributed by atoms with Crippen LogP contribution in [0.4, 0.5) is 0 Å². The minimum Gasteiger partial charge on any atom is -0.461 e. The first kappa shape index (κ1) is 56.9. The maximum atomic E-state index is 12.8. The second kappa shape index (κ2) is 30.8. The van der Waals surface area contributed by atoms with Gasteiger partial charge < -0.3 is 37.8 Å². The first-order chi connectivity index (χ1) is 32.8. The summed E-state index contributed by atoms with van der Waals surface area (Å²) in [5, 5.41) is 0. The molecule has 6 rings (SSSR count). The van der Waals surface area contributed by atoms with E-state index < -0.39 is 50.9 Å². The zero-order valence-electron chi connectivity index (χ0n) is 39.1. The molecule has 0 spiro atoms. The molecule has 0 aliphatic heterocycles. The maximum absolute atomic E-state index is 12.8. The molecule has 4 unspecified atom stereocenters. The monoisotopic (exact) mass is 1010 g/mol. The number of carbonyl (C=O) groups excluding carboxylic acids is 4. The summed E-state index contributed by atoms with van der Waals surface area (Å²) in [6.45, 7) is 0.773. The van der Waals surface area contributed by atoms with Crippen molar-refractivity contribution in [2.24, 2.45) is 23.7 Å². The molecule has 2 fully saturated rings. The summed E-state index contributed by atoms with van der Waals surface area (Å²) in [5.74, 6) is -3.57. The van der Waals surface area contributed by atoms with Crippen molar-refractivity contribution in [3.63, 3.8) is 0 Å². The van der Waals surface area contributed by atoms with Crippen molar-refractivity contribution in [2.45, 2.75) is 103 Å². The number of ether oxygens (including phenoxy) is 4. The Kier molecular flexibility index (Phi) is 25.5. The number of hydrogen-bond donors (Lipinski definition) is 2. The Balaban J connectivity index is 0.000000296. The minimum atomic E-state index is -4.03. The molecule has 69 heavy (non-hydrogen) atoms. The van der Waals surface area contributed by atoms with Crippen LogP contribution >= 0.6 is 27.6 Å². The highest BCUT2D eigenvalue weighted by Crippen LogP contribution is 2.47. The molecule has 0 bridgehead atoms. The lowest BCUT2D eigenvalue weighted by molar-refractivity contribution is -0.152. The fraction of sp³-hybridized carbons (Fsp3) is 0.462. The summed E-state index contributed by atoms with van der Waals surface area (Å²) in [7, 11) is -8.05. The summed E-state index contributed by atoms with van der Waals surface area (Å²) in [4.78, 5) is 70.9. The molecule has 4 aromatic carbocycles. The van der Waals surface area contributed by atoms with Crippen LogP contribution in [0.5, 0.6) is 0 Å². The third-order valence-electron chi connectivity index (χ3n) is 11.9. The van der Waals surface area contributed by atoms with E-state index >= 15 is 0 Å². The van der Waals surface area contributed by atoms with Gasteiger partial charge in [0.2, 0.25) is 0 Å². The third-order valence-corrected chi connectivity index (χ3v) is 14.8. The highest BCUT2D eigenvalue weighted by molar-refractivity contribution is 7.53. The lowest BCUT2D eigenvalue weighted by atomic mass is 10.1. The summed E-state index contributed by atoms with van der Waals surface area (Å²) in [6.07, 6.45) is 7.49. The Morgan fingerprint density at radius 1 is 0.464 bits per heavy atom. The Bertz CT molecular complexity index is 2050. The quantitative estimate of drug-likeness (QED) is 0.0342. The van der Waals surface area contributed by atoms with Gasteiger partial charge in [-0.15, -0.1) is 12.4 Å². The molecule has 0 amide bonds. The topological polar surface area (TPSA) is 198 Å². The summed E-state index contributed by atoms with van der Waals surface area (Å²) in [6, 6.07) is 36.9. The highest BCUT2D eigenvalue weighted by Gasteiger charge is 2.34. The lowest BCUT2D eigenvalue weighted by Gasteiger charge is -2.20. The molecule has 14 nitrogen and oxygen atoms in total. The van der Waals surface area contributed by atoms with Crippen LogP contribution in [0.1, 0.15) is 99.3 Å². The SMILES string of the molecule is Cl.O=C(CCC(CP(=O)(O)OCC1CCCC1)C(=O)OCc1ccccc1)OCc1ccccc1.O=C(CCC(CP(=O)(O)OCC1CCCC1)C(=O)OCc1ccccc1)OCc1ccccc1. The molecule has 0 heterocycles. The first-order valence-electron chi connectivity index (χ1n) is 23.6. The van der Waals surface area contributed by atoms with Gasteiger partial charge in [0.25, 0.3) is 0 Å². The van der Waals surface area contributed by atoms with E-state index in [9.17, 15) is 38.1 Å². The lowest BCUT2D eigenvalue weighted by Crippen LogP contribution is -2.23. The molecule has 2 aliphatic rings. The summed E-state index contributed by atoms with van der Waals surface area (Å²) < 4.78 is 57.5. The van der Waals surface area contributed by atoms with Crippen LogP contribution in [0.15, 0.2) is 121 Å². The van der Waals surface area contributed by atoms with Crippen LogP contribution in [-0.4, -0.2) is 59.2 Å². The van der Waals surface area contributed by atoms with Crippen LogP contribution in [0.2, 0.25) is 0 Å². The van der Waals surface area contributed by atoms with Crippen molar-refractivity contribution >= 4 is 51.5 Å². The van der Waals surface area contributed by atoms with Gasteiger partial charge in [-0.25, -0.2) is 0 Å². The van der Waals surface area contributed by atoms with E-state index in [4.69, 9.17) is 28.0 Å².